The minimum Gasteiger partial charge on any atom is -0.390 e. The summed E-state index contributed by atoms with van der Waals surface area (Å²) >= 11 is 1.57. The lowest BCUT2D eigenvalue weighted by atomic mass is 9.95. The Labute approximate surface area is 353 Å². The molecule has 17 heteroatoms. The van der Waals surface area contributed by atoms with E-state index in [1.54, 1.807) is 32.7 Å². The fourth-order valence-electron chi connectivity index (χ4n) is 6.32. The quantitative estimate of drug-likeness (QED) is 0.0761. The second-order valence-corrected chi connectivity index (χ2v) is 17.8. The highest BCUT2D eigenvalue weighted by atomic mass is 32.2. The number of amides is 7. The summed E-state index contributed by atoms with van der Waals surface area (Å²) in [6.45, 7) is 22.2. The number of aliphatic hydroxyl groups is 1. The number of hydrogen-bond donors (Lipinski definition) is 5. The number of likely N-dealkylation sites (N-methyl/N-ethyl adjacent to an activating group) is 4. The van der Waals surface area contributed by atoms with E-state index in [9.17, 15) is 38.7 Å². The summed E-state index contributed by atoms with van der Waals surface area (Å²) in [4.78, 5) is 101. The van der Waals surface area contributed by atoms with E-state index in [1.807, 2.05) is 20.8 Å². The summed E-state index contributed by atoms with van der Waals surface area (Å²) in [5.74, 6) is -2.87. The number of carbonyl (C=O) groups is 7. The van der Waals surface area contributed by atoms with E-state index in [2.05, 4.69) is 40.0 Å². The van der Waals surface area contributed by atoms with Crippen molar-refractivity contribution in [1.29, 1.82) is 0 Å². The number of rotatable bonds is 27. The van der Waals surface area contributed by atoms with Crippen LogP contribution in [0.15, 0.2) is 0 Å². The van der Waals surface area contributed by atoms with Gasteiger partial charge in [-0.25, -0.2) is 0 Å². The Morgan fingerprint density at radius 3 is 1.69 bits per heavy atom. The van der Waals surface area contributed by atoms with E-state index in [4.69, 9.17) is 0 Å². The average molecular weight is 843 g/mol. The van der Waals surface area contributed by atoms with E-state index < -0.39 is 83.2 Å². The smallest absolute Gasteiger partial charge is 0.246 e. The molecule has 16 nitrogen and oxygen atoms in total. The molecule has 0 aliphatic rings. The standard InChI is InChI=1S/C41H78N8O8S/c1-16-20-33(50)46(13)32(25-58-22-19-21-49(17-2)18-3)39(55)48(15)31(24-41(10,11)57)38(54)45-34(27(6)7)40(56)47(14)30(23-26(4)5)37(53)44-29(9)36(52)43-28(8)35(51)42-12/h26-32,34,57H,16-25H2,1-15H3,(H,42,51)(H,43,52)(H,44,53)(H,45,54)/t28-,29-,30+,31+,32-,34+/m1/s1. The van der Waals surface area contributed by atoms with E-state index in [0.717, 1.165) is 31.8 Å². The lowest BCUT2D eigenvalue weighted by Gasteiger charge is -2.38. The van der Waals surface area contributed by atoms with Crippen LogP contribution in [0.4, 0.5) is 0 Å². The second kappa shape index (κ2) is 26.6. The molecule has 0 aliphatic heterocycles. The van der Waals surface area contributed by atoms with Crippen molar-refractivity contribution < 1.29 is 38.7 Å². The molecule has 7 amide bonds. The Hall–Kier alpha value is -3.44. The van der Waals surface area contributed by atoms with E-state index >= 15 is 0 Å². The molecule has 5 N–H and O–H groups in total. The molecule has 0 aliphatic carbocycles. The summed E-state index contributed by atoms with van der Waals surface area (Å²) in [5, 5.41) is 21.5. The third-order valence-corrected chi connectivity index (χ3v) is 11.3. The summed E-state index contributed by atoms with van der Waals surface area (Å²) in [6, 6.07) is -6.11. The largest absolute Gasteiger partial charge is 0.390 e. The first-order valence-electron chi connectivity index (χ1n) is 20.8. The topological polar surface area (TPSA) is 201 Å². The molecule has 0 bridgehead atoms. The minimum absolute atomic E-state index is 0.0397. The van der Waals surface area contributed by atoms with Crippen LogP contribution in [-0.4, -0.2) is 167 Å². The Kier molecular flexibility index (Phi) is 25.0. The Morgan fingerprint density at radius 1 is 0.690 bits per heavy atom. The van der Waals surface area contributed by atoms with Gasteiger partial charge in [-0.3, -0.25) is 33.6 Å². The first-order chi connectivity index (χ1) is 26.9. The molecule has 0 unspecified atom stereocenters. The van der Waals surface area contributed by atoms with Crippen molar-refractivity contribution in [2.45, 2.75) is 150 Å². The summed E-state index contributed by atoms with van der Waals surface area (Å²) in [5.41, 5.74) is -1.40. The lowest BCUT2D eigenvalue weighted by Crippen LogP contribution is -2.61. The average Bonchev–Trinajstić information content (AvgIpc) is 3.15. The van der Waals surface area contributed by atoms with Crippen molar-refractivity contribution in [2.24, 2.45) is 11.8 Å². The highest BCUT2D eigenvalue weighted by Crippen LogP contribution is 2.21. The number of carbonyl (C=O) groups excluding carboxylic acids is 7. The minimum atomic E-state index is -1.40. The molecule has 58 heavy (non-hydrogen) atoms. The molecular weight excluding hydrogens is 765 g/mol. The predicted molar refractivity (Wildman–Crippen MR) is 231 cm³/mol. The maximum absolute atomic E-state index is 14.3. The van der Waals surface area contributed by atoms with Gasteiger partial charge in [-0.2, -0.15) is 11.8 Å². The van der Waals surface area contributed by atoms with Crippen LogP contribution >= 0.6 is 11.8 Å². The van der Waals surface area contributed by atoms with Gasteiger partial charge >= 0.3 is 0 Å². The van der Waals surface area contributed by atoms with Gasteiger partial charge in [0.2, 0.25) is 41.4 Å². The molecule has 0 aromatic carbocycles. The summed E-state index contributed by atoms with van der Waals surface area (Å²) in [7, 11) is 5.98. The zero-order valence-corrected chi connectivity index (χ0v) is 39.0. The van der Waals surface area contributed by atoms with Crippen molar-refractivity contribution in [3.05, 3.63) is 0 Å². The summed E-state index contributed by atoms with van der Waals surface area (Å²) in [6.07, 6.45) is 1.85. The molecular formula is C41H78N8O8S. The van der Waals surface area contributed by atoms with Gasteiger partial charge in [-0.15, -0.1) is 0 Å². The molecule has 0 rings (SSSR count). The number of thioether (sulfide) groups is 1. The first kappa shape index (κ1) is 54.6. The zero-order chi connectivity index (χ0) is 45.1. The summed E-state index contributed by atoms with van der Waals surface area (Å²) < 4.78 is 0. The van der Waals surface area contributed by atoms with Gasteiger partial charge in [0.05, 0.1) is 5.60 Å². The Balaban J connectivity index is 6.48. The molecule has 0 fully saturated rings. The molecule has 336 valence electrons. The molecule has 0 aromatic heterocycles. The third-order valence-electron chi connectivity index (χ3n) is 10.1. The monoisotopic (exact) mass is 843 g/mol. The third kappa shape index (κ3) is 18.6. The Bertz CT molecular complexity index is 1340. The van der Waals surface area contributed by atoms with Gasteiger partial charge in [-0.1, -0.05) is 48.5 Å². The van der Waals surface area contributed by atoms with Crippen LogP contribution in [0.25, 0.3) is 0 Å². The molecule has 0 heterocycles. The fourth-order valence-corrected chi connectivity index (χ4v) is 7.41. The van der Waals surface area contributed by atoms with Gasteiger partial charge in [0, 0.05) is 46.8 Å². The number of nitrogens with one attached hydrogen (secondary N) is 4. The van der Waals surface area contributed by atoms with Gasteiger partial charge in [0.25, 0.3) is 0 Å². The van der Waals surface area contributed by atoms with Crippen LogP contribution in [-0.2, 0) is 33.6 Å². The highest BCUT2D eigenvalue weighted by molar-refractivity contribution is 7.99. The molecule has 0 saturated carbocycles. The van der Waals surface area contributed by atoms with E-state index in [-0.39, 0.29) is 31.1 Å². The normalized spacial score (nSPS) is 14.8. The highest BCUT2D eigenvalue weighted by Gasteiger charge is 2.40. The van der Waals surface area contributed by atoms with Gasteiger partial charge in [-0.05, 0) is 84.2 Å². The van der Waals surface area contributed by atoms with Crippen LogP contribution in [0.2, 0.25) is 0 Å². The molecule has 0 aromatic rings. The second-order valence-electron chi connectivity index (χ2n) is 16.6. The maximum atomic E-state index is 14.3. The van der Waals surface area contributed by atoms with Crippen LogP contribution in [0, 0.1) is 11.8 Å². The van der Waals surface area contributed by atoms with Crippen molar-refractivity contribution in [3.63, 3.8) is 0 Å². The van der Waals surface area contributed by atoms with Crippen LogP contribution in [0.5, 0.6) is 0 Å². The predicted octanol–water partition coefficient (Wildman–Crippen LogP) is 1.84. The van der Waals surface area contributed by atoms with Crippen molar-refractivity contribution in [1.82, 2.24) is 40.9 Å². The van der Waals surface area contributed by atoms with Crippen molar-refractivity contribution >= 4 is 53.1 Å². The fraction of sp³-hybridized carbons (Fsp3) is 0.829. The van der Waals surface area contributed by atoms with E-state index in [0.29, 0.717) is 12.2 Å². The Morgan fingerprint density at radius 2 is 1.21 bits per heavy atom. The van der Waals surface area contributed by atoms with Gasteiger partial charge in [0.1, 0.15) is 36.3 Å². The van der Waals surface area contributed by atoms with Gasteiger partial charge in [0.15, 0.2) is 0 Å². The maximum Gasteiger partial charge on any atom is 0.246 e. The molecule has 6 atom stereocenters. The van der Waals surface area contributed by atoms with Crippen LogP contribution in [0.3, 0.4) is 0 Å². The molecule has 0 radical (unpaired) electrons. The SMILES string of the molecule is CCCC(=O)N(C)[C@H](CSCCCN(CC)CC)C(=O)N(C)[C@@H](CC(C)(C)O)C(=O)N[C@H](C(=O)N(C)[C@@H](CC(C)C)C(=O)N[C@H](C)C(=O)N[C@H](C)C(=O)NC)C(C)C. The zero-order valence-electron chi connectivity index (χ0n) is 38.2. The number of hydrogen-bond acceptors (Lipinski definition) is 10. The molecule has 0 spiro atoms. The number of nitrogens with zero attached hydrogens (tertiary/aromatic N) is 4. The molecule has 0 saturated heterocycles. The van der Waals surface area contributed by atoms with Crippen LogP contribution in [0.1, 0.15) is 108 Å². The van der Waals surface area contributed by atoms with Crippen LogP contribution < -0.4 is 21.3 Å². The van der Waals surface area contributed by atoms with E-state index in [1.165, 1.54) is 63.5 Å². The van der Waals surface area contributed by atoms with Crippen molar-refractivity contribution in [2.75, 3.05) is 59.3 Å². The first-order valence-corrected chi connectivity index (χ1v) is 22.0. The van der Waals surface area contributed by atoms with Crippen molar-refractivity contribution in [3.8, 4) is 0 Å². The van der Waals surface area contributed by atoms with Gasteiger partial charge < -0.3 is 46.0 Å². The lowest BCUT2D eigenvalue weighted by molar-refractivity contribution is -0.149.